The normalized spacial score (nSPS) is 18.4. The topological polar surface area (TPSA) is 38.5 Å². The highest BCUT2D eigenvalue weighted by Gasteiger charge is 2.16. The van der Waals surface area contributed by atoms with Crippen molar-refractivity contribution in [3.05, 3.63) is 35.1 Å². The van der Waals surface area contributed by atoms with Crippen LogP contribution in [0.2, 0.25) is 0 Å². The van der Waals surface area contributed by atoms with E-state index in [9.17, 15) is 4.39 Å². The molecule has 0 saturated carbocycles. The predicted molar refractivity (Wildman–Crippen MR) is 82.3 cm³/mol. The lowest BCUT2D eigenvalue weighted by Crippen LogP contribution is -2.33. The third-order valence-electron chi connectivity index (χ3n) is 3.53. The molecule has 3 nitrogen and oxygen atoms in total. The van der Waals surface area contributed by atoms with Gasteiger partial charge in [-0.05, 0) is 50.1 Å². The Morgan fingerprint density at radius 2 is 2.24 bits per heavy atom. The molecule has 1 unspecified atom stereocenters. The Kier molecular flexibility index (Phi) is 6.19. The van der Waals surface area contributed by atoms with Crippen LogP contribution in [0.15, 0.2) is 18.2 Å². The summed E-state index contributed by atoms with van der Waals surface area (Å²) in [6.45, 7) is 2.71. The zero-order valence-corrected chi connectivity index (χ0v) is 12.6. The molecule has 1 saturated heterocycles. The van der Waals surface area contributed by atoms with Crippen LogP contribution >= 0.6 is 0 Å². The van der Waals surface area contributed by atoms with Gasteiger partial charge in [0.1, 0.15) is 5.82 Å². The molecule has 1 fully saturated rings. The number of ether oxygens (including phenoxy) is 1. The lowest BCUT2D eigenvalue weighted by atomic mass is 10.1. The van der Waals surface area contributed by atoms with E-state index in [0.29, 0.717) is 18.2 Å². The van der Waals surface area contributed by atoms with Gasteiger partial charge in [0.2, 0.25) is 0 Å². The summed E-state index contributed by atoms with van der Waals surface area (Å²) < 4.78 is 19.4. The predicted octanol–water partition coefficient (Wildman–Crippen LogP) is 2.14. The highest BCUT2D eigenvalue weighted by Crippen LogP contribution is 2.15. The van der Waals surface area contributed by atoms with Crippen LogP contribution in [0.25, 0.3) is 0 Å². The van der Waals surface area contributed by atoms with Gasteiger partial charge < -0.3 is 10.5 Å². The van der Waals surface area contributed by atoms with Crippen molar-refractivity contribution in [2.75, 3.05) is 26.7 Å². The van der Waals surface area contributed by atoms with Crippen molar-refractivity contribution in [3.8, 4) is 11.8 Å². The number of hydrogen-bond acceptors (Lipinski definition) is 3. The molecule has 0 radical (unpaired) electrons. The zero-order chi connectivity index (χ0) is 15.1. The third-order valence-corrected chi connectivity index (χ3v) is 3.53. The fourth-order valence-electron chi connectivity index (χ4n) is 2.64. The minimum Gasteiger partial charge on any atom is -0.377 e. The van der Waals surface area contributed by atoms with E-state index < -0.39 is 0 Å². The van der Waals surface area contributed by atoms with Crippen molar-refractivity contribution in [1.29, 1.82) is 0 Å². The van der Waals surface area contributed by atoms with Crippen LogP contribution in [0, 0.1) is 17.7 Å². The lowest BCUT2D eigenvalue weighted by Gasteiger charge is -2.27. The Balaban J connectivity index is 1.96. The van der Waals surface area contributed by atoms with Crippen LogP contribution in [-0.2, 0) is 11.3 Å². The average Bonchev–Trinajstić information content (AvgIpc) is 2.45. The van der Waals surface area contributed by atoms with E-state index in [4.69, 9.17) is 10.5 Å². The van der Waals surface area contributed by atoms with Crippen molar-refractivity contribution in [2.45, 2.75) is 31.9 Å². The SMILES string of the molecule is CN(Cc1cc(F)cc(C#CCN)c1)CC1CCCCO1. The van der Waals surface area contributed by atoms with Crippen LogP contribution < -0.4 is 5.73 Å². The fraction of sp³-hybridized carbons (Fsp3) is 0.529. The molecule has 114 valence electrons. The summed E-state index contributed by atoms with van der Waals surface area (Å²) in [6, 6.07) is 4.92. The van der Waals surface area contributed by atoms with E-state index in [1.54, 1.807) is 6.07 Å². The van der Waals surface area contributed by atoms with Gasteiger partial charge in [-0.1, -0.05) is 11.8 Å². The van der Waals surface area contributed by atoms with Crippen molar-refractivity contribution >= 4 is 0 Å². The van der Waals surface area contributed by atoms with Crippen molar-refractivity contribution in [2.24, 2.45) is 5.73 Å². The average molecular weight is 290 g/mol. The maximum Gasteiger partial charge on any atom is 0.124 e. The molecular formula is C17H23FN2O. The zero-order valence-electron chi connectivity index (χ0n) is 12.6. The van der Waals surface area contributed by atoms with E-state index in [1.807, 2.05) is 13.1 Å². The Labute approximate surface area is 126 Å². The molecule has 21 heavy (non-hydrogen) atoms. The van der Waals surface area contributed by atoms with Gasteiger partial charge in [-0.15, -0.1) is 0 Å². The molecule has 4 heteroatoms. The maximum absolute atomic E-state index is 13.6. The quantitative estimate of drug-likeness (QED) is 0.864. The summed E-state index contributed by atoms with van der Waals surface area (Å²) in [5.41, 5.74) is 6.95. The molecule has 1 heterocycles. The maximum atomic E-state index is 13.6. The van der Waals surface area contributed by atoms with Gasteiger partial charge in [0.05, 0.1) is 12.6 Å². The summed E-state index contributed by atoms with van der Waals surface area (Å²) in [7, 11) is 2.04. The monoisotopic (exact) mass is 290 g/mol. The third kappa shape index (κ3) is 5.47. The number of hydrogen-bond donors (Lipinski definition) is 1. The van der Waals surface area contributed by atoms with Crippen molar-refractivity contribution in [3.63, 3.8) is 0 Å². The van der Waals surface area contributed by atoms with E-state index in [2.05, 4.69) is 16.7 Å². The number of nitrogens with zero attached hydrogens (tertiary/aromatic N) is 1. The van der Waals surface area contributed by atoms with Crippen LogP contribution in [0.3, 0.4) is 0 Å². The molecule has 0 bridgehead atoms. The lowest BCUT2D eigenvalue weighted by molar-refractivity contribution is -0.00259. The van der Waals surface area contributed by atoms with Gasteiger partial charge in [-0.3, -0.25) is 4.90 Å². The van der Waals surface area contributed by atoms with E-state index >= 15 is 0 Å². The van der Waals surface area contributed by atoms with E-state index in [0.717, 1.165) is 31.6 Å². The van der Waals surface area contributed by atoms with E-state index in [-0.39, 0.29) is 12.4 Å². The minimum absolute atomic E-state index is 0.254. The molecule has 1 aliphatic rings. The number of likely N-dealkylation sites (N-methyl/N-ethyl adjacent to an activating group) is 1. The summed E-state index contributed by atoms with van der Waals surface area (Å²) in [5, 5.41) is 0. The molecule has 0 amide bonds. The number of benzene rings is 1. The van der Waals surface area contributed by atoms with Crippen LogP contribution in [-0.4, -0.2) is 37.7 Å². The van der Waals surface area contributed by atoms with Crippen molar-refractivity contribution in [1.82, 2.24) is 4.90 Å². The summed E-state index contributed by atoms with van der Waals surface area (Å²) in [5.74, 6) is 5.38. The highest BCUT2D eigenvalue weighted by molar-refractivity contribution is 5.38. The first-order chi connectivity index (χ1) is 10.2. The van der Waals surface area contributed by atoms with Crippen LogP contribution in [0.4, 0.5) is 4.39 Å². The summed E-state index contributed by atoms with van der Waals surface area (Å²) in [6.07, 6.45) is 3.81. The number of rotatable bonds is 4. The van der Waals surface area contributed by atoms with Crippen LogP contribution in [0.5, 0.6) is 0 Å². The Morgan fingerprint density at radius 3 is 2.95 bits per heavy atom. The molecular weight excluding hydrogens is 267 g/mol. The van der Waals surface area contributed by atoms with Crippen LogP contribution in [0.1, 0.15) is 30.4 Å². The standard InChI is InChI=1S/C17H23FN2O/c1-20(13-17-6-2-3-8-21-17)12-15-9-14(5-4-7-19)10-16(18)11-15/h9-11,17H,2-3,6-8,12-13,19H2,1H3. The molecule has 1 aliphatic heterocycles. The molecule has 2 N–H and O–H groups in total. The molecule has 0 spiro atoms. The van der Waals surface area contributed by atoms with Gasteiger partial charge in [-0.2, -0.15) is 0 Å². The van der Waals surface area contributed by atoms with Gasteiger partial charge >= 0.3 is 0 Å². The smallest absolute Gasteiger partial charge is 0.124 e. The Bertz CT molecular complexity index is 515. The number of halogens is 1. The Hall–Kier alpha value is -1.41. The largest absolute Gasteiger partial charge is 0.377 e. The molecule has 1 atom stereocenters. The summed E-state index contributed by atoms with van der Waals surface area (Å²) in [4.78, 5) is 2.17. The Morgan fingerprint density at radius 1 is 1.38 bits per heavy atom. The van der Waals surface area contributed by atoms with Gasteiger partial charge in [-0.25, -0.2) is 4.39 Å². The first kappa shape index (κ1) is 16.0. The van der Waals surface area contributed by atoms with Crippen molar-refractivity contribution < 1.29 is 9.13 Å². The molecule has 1 aromatic carbocycles. The second-order valence-electron chi connectivity index (χ2n) is 5.54. The van der Waals surface area contributed by atoms with Gasteiger partial charge in [0.25, 0.3) is 0 Å². The molecule has 2 rings (SSSR count). The fourth-order valence-corrected chi connectivity index (χ4v) is 2.64. The highest BCUT2D eigenvalue weighted by atomic mass is 19.1. The molecule has 1 aromatic rings. The van der Waals surface area contributed by atoms with E-state index in [1.165, 1.54) is 12.5 Å². The molecule has 0 aromatic heterocycles. The first-order valence-electron chi connectivity index (χ1n) is 7.46. The van der Waals surface area contributed by atoms with Gasteiger partial charge in [0, 0.05) is 25.3 Å². The first-order valence-corrected chi connectivity index (χ1v) is 7.46. The molecule has 0 aliphatic carbocycles. The number of nitrogens with two attached hydrogens (primary N) is 1. The second kappa shape index (κ2) is 8.14. The summed E-state index contributed by atoms with van der Waals surface area (Å²) >= 11 is 0. The second-order valence-corrected chi connectivity index (χ2v) is 5.54. The minimum atomic E-state index is -0.254. The van der Waals surface area contributed by atoms with Gasteiger partial charge in [0.15, 0.2) is 0 Å².